The molecule has 1 aliphatic heterocycles. The van der Waals surface area contributed by atoms with Crippen molar-refractivity contribution in [3.8, 4) is 0 Å². The van der Waals surface area contributed by atoms with E-state index in [1.807, 2.05) is 49.1 Å². The minimum Gasteiger partial charge on any atom is -0.390 e. The van der Waals surface area contributed by atoms with Crippen LogP contribution in [0.5, 0.6) is 0 Å². The van der Waals surface area contributed by atoms with Crippen molar-refractivity contribution in [1.82, 2.24) is 4.90 Å². The highest BCUT2D eigenvalue weighted by molar-refractivity contribution is 6.01. The fourth-order valence-electron chi connectivity index (χ4n) is 3.09. The Balaban J connectivity index is 1.66. The van der Waals surface area contributed by atoms with Gasteiger partial charge in [-0.2, -0.15) is 0 Å². The lowest BCUT2D eigenvalue weighted by atomic mass is 10.0. The zero-order valence-electron chi connectivity index (χ0n) is 15.7. The summed E-state index contributed by atoms with van der Waals surface area (Å²) in [5.74, 6) is 0.0961. The number of carbonyl (C=O) groups is 1. The van der Waals surface area contributed by atoms with Gasteiger partial charge in [0, 0.05) is 18.9 Å². The van der Waals surface area contributed by atoms with Gasteiger partial charge in [-0.25, -0.2) is 0 Å². The van der Waals surface area contributed by atoms with E-state index < -0.39 is 0 Å². The lowest BCUT2D eigenvalue weighted by Crippen LogP contribution is -2.39. The summed E-state index contributed by atoms with van der Waals surface area (Å²) >= 11 is 0. The quantitative estimate of drug-likeness (QED) is 0.784. The molecule has 0 fully saturated rings. The molecule has 0 bridgehead atoms. The van der Waals surface area contributed by atoms with Crippen LogP contribution in [0.15, 0.2) is 59.8 Å². The van der Waals surface area contributed by atoms with Gasteiger partial charge in [0.1, 0.15) is 0 Å². The van der Waals surface area contributed by atoms with Gasteiger partial charge in [0.2, 0.25) is 5.91 Å². The molecule has 1 aliphatic rings. The topological polar surface area (TPSA) is 41.9 Å². The molecular weight excluding hydrogens is 324 g/mol. The standard InChI is InChI=1S/C22H26N2O2/c1-16(2)22(25)24(14-18-7-5-4-6-8-18)15-20-13-21(23-26-20)19-11-9-17(3)10-12-19/h4-12,16,20H,13-15H2,1-3H3/t20-/m0/s1. The second kappa shape index (κ2) is 8.17. The van der Waals surface area contributed by atoms with Crippen LogP contribution in [0.2, 0.25) is 0 Å². The molecule has 2 aromatic carbocycles. The van der Waals surface area contributed by atoms with Gasteiger partial charge < -0.3 is 9.74 Å². The van der Waals surface area contributed by atoms with Crippen LogP contribution in [0.25, 0.3) is 0 Å². The predicted octanol–water partition coefficient (Wildman–Crippen LogP) is 4.17. The number of carbonyl (C=O) groups excluding carboxylic acids is 1. The first kappa shape index (κ1) is 18.2. The van der Waals surface area contributed by atoms with E-state index in [2.05, 4.69) is 36.3 Å². The van der Waals surface area contributed by atoms with E-state index in [1.54, 1.807) is 0 Å². The number of hydrogen-bond donors (Lipinski definition) is 0. The fourth-order valence-corrected chi connectivity index (χ4v) is 3.09. The Kier molecular flexibility index (Phi) is 5.71. The zero-order valence-corrected chi connectivity index (χ0v) is 15.7. The second-order valence-electron chi connectivity index (χ2n) is 7.19. The molecule has 3 rings (SSSR count). The summed E-state index contributed by atoms with van der Waals surface area (Å²) in [5, 5.41) is 4.26. The number of oxime groups is 1. The van der Waals surface area contributed by atoms with Gasteiger partial charge in [-0.05, 0) is 18.1 Å². The van der Waals surface area contributed by atoms with E-state index >= 15 is 0 Å². The maximum absolute atomic E-state index is 12.7. The van der Waals surface area contributed by atoms with Gasteiger partial charge >= 0.3 is 0 Å². The number of benzene rings is 2. The molecule has 1 heterocycles. The smallest absolute Gasteiger partial charge is 0.225 e. The fraction of sp³-hybridized carbons (Fsp3) is 0.364. The molecule has 0 spiro atoms. The maximum atomic E-state index is 12.7. The van der Waals surface area contributed by atoms with Crippen molar-refractivity contribution in [2.45, 2.75) is 39.8 Å². The number of amides is 1. The Morgan fingerprint density at radius 2 is 1.85 bits per heavy atom. The molecule has 0 unspecified atom stereocenters. The molecule has 26 heavy (non-hydrogen) atoms. The molecule has 0 N–H and O–H groups in total. The Morgan fingerprint density at radius 3 is 2.50 bits per heavy atom. The average Bonchev–Trinajstić information content (AvgIpc) is 3.10. The van der Waals surface area contributed by atoms with Gasteiger partial charge in [0.05, 0.1) is 12.3 Å². The summed E-state index contributed by atoms with van der Waals surface area (Å²) in [6.45, 7) is 7.08. The highest BCUT2D eigenvalue weighted by Crippen LogP contribution is 2.20. The first-order valence-corrected chi connectivity index (χ1v) is 9.15. The van der Waals surface area contributed by atoms with Crippen LogP contribution in [0.4, 0.5) is 0 Å². The predicted molar refractivity (Wildman–Crippen MR) is 104 cm³/mol. The molecule has 0 saturated carbocycles. The SMILES string of the molecule is Cc1ccc(C2=NO[C@H](CN(Cc3ccccc3)C(=O)C(C)C)C2)cc1. The molecular formula is C22H26N2O2. The van der Waals surface area contributed by atoms with Crippen LogP contribution in [0.3, 0.4) is 0 Å². The molecule has 4 heteroatoms. The van der Waals surface area contributed by atoms with E-state index in [4.69, 9.17) is 4.84 Å². The summed E-state index contributed by atoms with van der Waals surface area (Å²) < 4.78 is 0. The first-order chi connectivity index (χ1) is 12.5. The largest absolute Gasteiger partial charge is 0.390 e. The molecule has 4 nitrogen and oxygen atoms in total. The summed E-state index contributed by atoms with van der Waals surface area (Å²) in [7, 11) is 0. The molecule has 1 amide bonds. The van der Waals surface area contributed by atoms with Crippen molar-refractivity contribution in [3.05, 3.63) is 71.3 Å². The summed E-state index contributed by atoms with van der Waals surface area (Å²) in [6, 6.07) is 18.4. The van der Waals surface area contributed by atoms with Crippen molar-refractivity contribution in [3.63, 3.8) is 0 Å². The van der Waals surface area contributed by atoms with E-state index in [1.165, 1.54) is 5.56 Å². The van der Waals surface area contributed by atoms with Crippen molar-refractivity contribution in [2.24, 2.45) is 11.1 Å². The van der Waals surface area contributed by atoms with Crippen LogP contribution in [0.1, 0.15) is 37.0 Å². The van der Waals surface area contributed by atoms with Crippen molar-refractivity contribution in [2.75, 3.05) is 6.54 Å². The van der Waals surface area contributed by atoms with Crippen LogP contribution in [-0.4, -0.2) is 29.2 Å². The number of aryl methyl sites for hydroxylation is 1. The summed E-state index contributed by atoms with van der Waals surface area (Å²) in [5.41, 5.74) is 4.38. The second-order valence-corrected chi connectivity index (χ2v) is 7.19. The van der Waals surface area contributed by atoms with Crippen molar-refractivity contribution in [1.29, 1.82) is 0 Å². The molecule has 0 saturated heterocycles. The minimum atomic E-state index is -0.0993. The third kappa shape index (κ3) is 4.51. The molecule has 1 atom stereocenters. The van der Waals surface area contributed by atoms with Crippen LogP contribution in [-0.2, 0) is 16.2 Å². The molecule has 0 aromatic heterocycles. The Bertz CT molecular complexity index is 766. The third-order valence-corrected chi connectivity index (χ3v) is 4.56. The first-order valence-electron chi connectivity index (χ1n) is 9.15. The summed E-state index contributed by atoms with van der Waals surface area (Å²) in [6.07, 6.45) is 0.623. The zero-order chi connectivity index (χ0) is 18.5. The van der Waals surface area contributed by atoms with E-state index in [0.29, 0.717) is 13.1 Å². The highest BCUT2D eigenvalue weighted by atomic mass is 16.6. The highest BCUT2D eigenvalue weighted by Gasteiger charge is 2.27. The van der Waals surface area contributed by atoms with Gasteiger partial charge in [-0.1, -0.05) is 79.2 Å². The monoisotopic (exact) mass is 350 g/mol. The summed E-state index contributed by atoms with van der Waals surface area (Å²) in [4.78, 5) is 20.2. The van der Waals surface area contributed by atoms with Crippen molar-refractivity contribution < 1.29 is 9.63 Å². The van der Waals surface area contributed by atoms with E-state index in [9.17, 15) is 4.79 Å². The van der Waals surface area contributed by atoms with Crippen LogP contribution in [0, 0.1) is 12.8 Å². The molecule has 2 aromatic rings. The lowest BCUT2D eigenvalue weighted by molar-refractivity contribution is -0.136. The number of rotatable bonds is 6. The van der Waals surface area contributed by atoms with Crippen molar-refractivity contribution >= 4 is 11.6 Å². The van der Waals surface area contributed by atoms with E-state index in [0.717, 1.165) is 23.3 Å². The number of nitrogens with zero attached hydrogens (tertiary/aromatic N) is 2. The van der Waals surface area contributed by atoms with Crippen LogP contribution >= 0.6 is 0 Å². The van der Waals surface area contributed by atoms with Crippen LogP contribution < -0.4 is 0 Å². The minimum absolute atomic E-state index is 0.0439. The van der Waals surface area contributed by atoms with Gasteiger partial charge in [-0.3, -0.25) is 4.79 Å². The van der Waals surface area contributed by atoms with Gasteiger partial charge in [0.15, 0.2) is 6.10 Å². The average molecular weight is 350 g/mol. The Hall–Kier alpha value is -2.62. The van der Waals surface area contributed by atoms with Gasteiger partial charge in [-0.15, -0.1) is 0 Å². The van der Waals surface area contributed by atoms with E-state index in [-0.39, 0.29) is 17.9 Å². The Labute approximate surface area is 155 Å². The molecule has 0 radical (unpaired) electrons. The molecule has 136 valence electrons. The van der Waals surface area contributed by atoms with Gasteiger partial charge in [0.25, 0.3) is 0 Å². The number of hydrogen-bond acceptors (Lipinski definition) is 3. The third-order valence-electron chi connectivity index (χ3n) is 4.56. The Morgan fingerprint density at radius 1 is 1.15 bits per heavy atom. The normalized spacial score (nSPS) is 16.3. The lowest BCUT2D eigenvalue weighted by Gasteiger charge is -2.26. The molecule has 0 aliphatic carbocycles. The maximum Gasteiger partial charge on any atom is 0.225 e.